The van der Waals surface area contributed by atoms with Gasteiger partial charge in [0.1, 0.15) is 5.54 Å². The summed E-state index contributed by atoms with van der Waals surface area (Å²) in [5, 5.41) is 9.37. The monoisotopic (exact) mass is 332 g/mol. The third-order valence-electron chi connectivity index (χ3n) is 2.75. The fourth-order valence-corrected chi connectivity index (χ4v) is 3.23. The van der Waals surface area contributed by atoms with Gasteiger partial charge in [-0.3, -0.25) is 0 Å². The van der Waals surface area contributed by atoms with Crippen molar-refractivity contribution >= 4 is 27.7 Å². The number of rotatable bonds is 4. The Morgan fingerprint density at radius 2 is 1.89 bits per heavy atom. The molecule has 1 unspecified atom stereocenters. The standard InChI is InChI=1S/C15H13BrN2S/c16-13-7-4-8-14(9-13)19-11-15(18,10-17)12-5-2-1-3-6-12/h1-9H,11,18H2. The zero-order valence-electron chi connectivity index (χ0n) is 10.2. The maximum Gasteiger partial charge on any atom is 0.139 e. The number of nitrogens with two attached hydrogens (primary N) is 1. The summed E-state index contributed by atoms with van der Waals surface area (Å²) in [5.41, 5.74) is 6.09. The van der Waals surface area contributed by atoms with E-state index in [0.29, 0.717) is 5.75 Å². The predicted octanol–water partition coefficient (Wildman–Crippen LogP) is 3.92. The molecule has 19 heavy (non-hydrogen) atoms. The van der Waals surface area contributed by atoms with Gasteiger partial charge in [0, 0.05) is 15.1 Å². The minimum atomic E-state index is -0.964. The maximum atomic E-state index is 9.37. The molecule has 2 aromatic rings. The van der Waals surface area contributed by atoms with Gasteiger partial charge in [-0.15, -0.1) is 11.8 Å². The van der Waals surface area contributed by atoms with Crippen molar-refractivity contribution in [1.82, 2.24) is 0 Å². The van der Waals surface area contributed by atoms with Crippen LogP contribution in [0.25, 0.3) is 0 Å². The number of halogens is 1. The number of benzene rings is 2. The molecule has 0 aliphatic carbocycles. The Balaban J connectivity index is 2.14. The Hall–Kier alpha value is -1.28. The van der Waals surface area contributed by atoms with Crippen LogP contribution in [0.3, 0.4) is 0 Å². The van der Waals surface area contributed by atoms with Gasteiger partial charge in [-0.25, -0.2) is 0 Å². The smallest absolute Gasteiger partial charge is 0.139 e. The Bertz CT molecular complexity index is 595. The first-order valence-electron chi connectivity index (χ1n) is 5.78. The predicted molar refractivity (Wildman–Crippen MR) is 82.8 cm³/mol. The summed E-state index contributed by atoms with van der Waals surface area (Å²) in [6.45, 7) is 0. The van der Waals surface area contributed by atoms with E-state index in [0.717, 1.165) is 14.9 Å². The van der Waals surface area contributed by atoms with Gasteiger partial charge in [-0.05, 0) is 23.8 Å². The van der Waals surface area contributed by atoms with Crippen molar-refractivity contribution in [1.29, 1.82) is 5.26 Å². The van der Waals surface area contributed by atoms with Gasteiger partial charge in [0.05, 0.1) is 6.07 Å². The summed E-state index contributed by atoms with van der Waals surface area (Å²) in [6.07, 6.45) is 0. The van der Waals surface area contributed by atoms with Crippen molar-refractivity contribution in [3.8, 4) is 6.07 Å². The summed E-state index contributed by atoms with van der Waals surface area (Å²) in [7, 11) is 0. The summed E-state index contributed by atoms with van der Waals surface area (Å²) < 4.78 is 1.02. The van der Waals surface area contributed by atoms with Crippen molar-refractivity contribution in [2.75, 3.05) is 5.75 Å². The molecule has 2 N–H and O–H groups in total. The Labute approximate surface area is 125 Å². The SMILES string of the molecule is N#CC(N)(CSc1cccc(Br)c1)c1ccccc1. The molecule has 0 amide bonds. The average Bonchev–Trinajstić information content (AvgIpc) is 2.46. The number of hydrogen-bond donors (Lipinski definition) is 1. The Morgan fingerprint density at radius 3 is 2.53 bits per heavy atom. The normalized spacial score (nSPS) is 13.5. The Morgan fingerprint density at radius 1 is 1.16 bits per heavy atom. The van der Waals surface area contributed by atoms with Gasteiger partial charge >= 0.3 is 0 Å². The molecule has 0 aromatic heterocycles. The summed E-state index contributed by atoms with van der Waals surface area (Å²) in [5.74, 6) is 0.518. The average molecular weight is 333 g/mol. The zero-order valence-corrected chi connectivity index (χ0v) is 12.6. The van der Waals surface area contributed by atoms with Gasteiger partial charge in [0.2, 0.25) is 0 Å². The van der Waals surface area contributed by atoms with E-state index in [2.05, 4.69) is 22.0 Å². The quantitative estimate of drug-likeness (QED) is 0.863. The van der Waals surface area contributed by atoms with E-state index >= 15 is 0 Å². The first-order valence-corrected chi connectivity index (χ1v) is 7.56. The minimum Gasteiger partial charge on any atom is -0.309 e. The van der Waals surface area contributed by atoms with Crippen LogP contribution in [-0.2, 0) is 5.54 Å². The van der Waals surface area contributed by atoms with E-state index in [1.54, 1.807) is 11.8 Å². The van der Waals surface area contributed by atoms with Gasteiger partial charge in [0.15, 0.2) is 0 Å². The molecule has 4 heteroatoms. The molecule has 0 bridgehead atoms. The summed E-state index contributed by atoms with van der Waals surface area (Å²) in [6, 6.07) is 19.7. The van der Waals surface area contributed by atoms with Crippen LogP contribution in [0.1, 0.15) is 5.56 Å². The highest BCUT2D eigenvalue weighted by atomic mass is 79.9. The molecule has 2 rings (SSSR count). The lowest BCUT2D eigenvalue weighted by atomic mass is 9.95. The van der Waals surface area contributed by atoms with Gasteiger partial charge in [-0.2, -0.15) is 5.26 Å². The van der Waals surface area contributed by atoms with E-state index in [4.69, 9.17) is 5.73 Å². The summed E-state index contributed by atoms with van der Waals surface area (Å²) >= 11 is 5.02. The van der Waals surface area contributed by atoms with Crippen molar-refractivity contribution in [2.24, 2.45) is 5.73 Å². The molecule has 0 fully saturated rings. The van der Waals surface area contributed by atoms with Crippen LogP contribution in [0.15, 0.2) is 64.0 Å². The number of thioether (sulfide) groups is 1. The molecule has 2 aromatic carbocycles. The van der Waals surface area contributed by atoms with E-state index in [1.807, 2.05) is 54.6 Å². The molecule has 96 valence electrons. The van der Waals surface area contributed by atoms with Crippen LogP contribution in [0, 0.1) is 11.3 Å². The van der Waals surface area contributed by atoms with Gasteiger partial charge in [0.25, 0.3) is 0 Å². The molecular formula is C15H13BrN2S. The van der Waals surface area contributed by atoms with Crippen LogP contribution in [0.4, 0.5) is 0 Å². The lowest BCUT2D eigenvalue weighted by Crippen LogP contribution is -2.37. The highest BCUT2D eigenvalue weighted by molar-refractivity contribution is 9.10. The fraction of sp³-hybridized carbons (Fsp3) is 0.133. The van der Waals surface area contributed by atoms with Gasteiger partial charge < -0.3 is 5.73 Å². The van der Waals surface area contributed by atoms with E-state index in [-0.39, 0.29) is 0 Å². The molecule has 0 heterocycles. The van der Waals surface area contributed by atoms with Crippen LogP contribution in [0.2, 0.25) is 0 Å². The number of nitriles is 1. The second-order valence-electron chi connectivity index (χ2n) is 4.20. The van der Waals surface area contributed by atoms with Gasteiger partial charge in [-0.1, -0.05) is 52.3 Å². The van der Waals surface area contributed by atoms with E-state index < -0.39 is 5.54 Å². The topological polar surface area (TPSA) is 49.8 Å². The van der Waals surface area contributed by atoms with Crippen LogP contribution < -0.4 is 5.73 Å². The van der Waals surface area contributed by atoms with E-state index in [9.17, 15) is 5.26 Å². The molecule has 0 aliphatic rings. The van der Waals surface area contributed by atoms with Crippen molar-refractivity contribution < 1.29 is 0 Å². The lowest BCUT2D eigenvalue weighted by Gasteiger charge is -2.21. The fourth-order valence-electron chi connectivity index (χ4n) is 1.67. The highest BCUT2D eigenvalue weighted by Gasteiger charge is 2.27. The van der Waals surface area contributed by atoms with E-state index in [1.165, 1.54) is 0 Å². The second kappa shape index (κ2) is 6.25. The zero-order chi connectivity index (χ0) is 13.7. The Kier molecular flexibility index (Phi) is 4.65. The number of nitrogens with zero attached hydrogens (tertiary/aromatic N) is 1. The lowest BCUT2D eigenvalue weighted by molar-refractivity contribution is 0.659. The minimum absolute atomic E-state index is 0.518. The highest BCUT2D eigenvalue weighted by Crippen LogP contribution is 2.28. The summed E-state index contributed by atoms with van der Waals surface area (Å²) in [4.78, 5) is 1.09. The maximum absolute atomic E-state index is 9.37. The molecule has 0 spiro atoms. The van der Waals surface area contributed by atoms with Crippen LogP contribution in [0.5, 0.6) is 0 Å². The van der Waals surface area contributed by atoms with Crippen molar-refractivity contribution in [3.05, 3.63) is 64.6 Å². The van der Waals surface area contributed by atoms with Crippen LogP contribution >= 0.6 is 27.7 Å². The van der Waals surface area contributed by atoms with Crippen molar-refractivity contribution in [2.45, 2.75) is 10.4 Å². The molecule has 0 aliphatic heterocycles. The molecule has 0 radical (unpaired) electrons. The molecular weight excluding hydrogens is 320 g/mol. The molecule has 2 nitrogen and oxygen atoms in total. The molecule has 0 saturated carbocycles. The first-order chi connectivity index (χ1) is 9.14. The largest absolute Gasteiger partial charge is 0.309 e. The third-order valence-corrected chi connectivity index (χ3v) is 4.43. The molecule has 0 saturated heterocycles. The third kappa shape index (κ3) is 3.60. The molecule has 1 atom stereocenters. The van der Waals surface area contributed by atoms with Crippen LogP contribution in [-0.4, -0.2) is 5.75 Å². The number of hydrogen-bond acceptors (Lipinski definition) is 3. The van der Waals surface area contributed by atoms with Crippen molar-refractivity contribution in [3.63, 3.8) is 0 Å². The first kappa shape index (κ1) is 14.1. The second-order valence-corrected chi connectivity index (χ2v) is 6.16.